The maximum atomic E-state index is 12.5. The Morgan fingerprint density at radius 1 is 1.03 bits per heavy atom. The number of nitrogens with zero attached hydrogens (tertiary/aromatic N) is 2. The van der Waals surface area contributed by atoms with Gasteiger partial charge in [-0.2, -0.15) is 5.26 Å². The summed E-state index contributed by atoms with van der Waals surface area (Å²) in [6.07, 6.45) is 1.36. The maximum absolute atomic E-state index is 12.5. The number of hydrogen-bond acceptors (Lipinski definition) is 6. The van der Waals surface area contributed by atoms with Gasteiger partial charge in [-0.3, -0.25) is 19.7 Å². The second-order valence-electron chi connectivity index (χ2n) is 6.82. The van der Waals surface area contributed by atoms with Crippen LogP contribution in [-0.4, -0.2) is 23.3 Å². The van der Waals surface area contributed by atoms with E-state index in [1.54, 1.807) is 42.5 Å². The Morgan fingerprint density at radius 2 is 1.76 bits per heavy atom. The molecule has 0 aliphatic carbocycles. The molecule has 0 unspecified atom stereocenters. The Bertz CT molecular complexity index is 1300. The van der Waals surface area contributed by atoms with Crippen LogP contribution in [0, 0.1) is 21.4 Å². The van der Waals surface area contributed by atoms with Gasteiger partial charge in [0.15, 0.2) is 6.61 Å². The second-order valence-corrected chi connectivity index (χ2v) is 7.68. The molecule has 2 amide bonds. The highest BCUT2D eigenvalue weighted by molar-refractivity contribution is 9.10. The zero-order valence-corrected chi connectivity index (χ0v) is 19.1. The number of nitro groups is 1. The highest BCUT2D eigenvalue weighted by atomic mass is 79.9. The number of halogens is 1. The molecule has 2 N–H and O–H groups in total. The molecular formula is C24H17BrN4O5. The lowest BCUT2D eigenvalue weighted by atomic mass is 10.1. The van der Waals surface area contributed by atoms with Gasteiger partial charge in [0.05, 0.1) is 9.40 Å². The Balaban J connectivity index is 1.65. The Morgan fingerprint density at radius 3 is 2.44 bits per heavy atom. The number of nitriles is 1. The number of anilines is 2. The first-order valence-electron chi connectivity index (χ1n) is 9.80. The van der Waals surface area contributed by atoms with E-state index in [-0.39, 0.29) is 29.5 Å². The zero-order valence-electron chi connectivity index (χ0n) is 17.5. The minimum Gasteiger partial charge on any atom is -0.483 e. The number of hydrogen-bond donors (Lipinski definition) is 2. The number of carbonyl (C=O) groups excluding carboxylic acids is 2. The first kappa shape index (κ1) is 24.2. The molecule has 10 heteroatoms. The van der Waals surface area contributed by atoms with Gasteiger partial charge in [-0.05, 0) is 57.9 Å². The van der Waals surface area contributed by atoms with Gasteiger partial charge in [-0.15, -0.1) is 0 Å². The Labute approximate surface area is 202 Å². The number of amides is 2. The standard InChI is InChI=1S/C24H17BrN4O5/c25-21-12-16(9-10-22(21)34-15-23(30)27-18-5-2-1-3-6-18)11-17(14-26)24(31)28-19-7-4-8-20(13-19)29(32)33/h1-13H,15H2,(H,27,30)(H,28,31). The SMILES string of the molecule is N#CC(=Cc1ccc(OCC(=O)Nc2ccccc2)c(Br)c1)C(=O)Nc1cccc([N+](=O)[O-])c1. The molecule has 0 saturated carbocycles. The molecule has 9 nitrogen and oxygen atoms in total. The summed E-state index contributed by atoms with van der Waals surface area (Å²) < 4.78 is 6.05. The first-order valence-corrected chi connectivity index (χ1v) is 10.6. The molecule has 3 aromatic carbocycles. The van der Waals surface area contributed by atoms with Crippen molar-refractivity contribution in [1.29, 1.82) is 5.26 Å². The van der Waals surface area contributed by atoms with E-state index >= 15 is 0 Å². The number of nitro benzene ring substituents is 1. The third-order valence-corrected chi connectivity index (χ3v) is 4.98. The first-order chi connectivity index (χ1) is 16.4. The summed E-state index contributed by atoms with van der Waals surface area (Å²) in [4.78, 5) is 34.8. The van der Waals surface area contributed by atoms with Crippen molar-refractivity contribution in [3.8, 4) is 11.8 Å². The van der Waals surface area contributed by atoms with Crippen molar-refractivity contribution in [2.45, 2.75) is 0 Å². The van der Waals surface area contributed by atoms with Crippen LogP contribution in [-0.2, 0) is 9.59 Å². The normalized spacial score (nSPS) is 10.6. The molecular weight excluding hydrogens is 504 g/mol. The molecule has 0 saturated heterocycles. The van der Waals surface area contributed by atoms with Crippen LogP contribution in [0.25, 0.3) is 6.08 Å². The zero-order chi connectivity index (χ0) is 24.5. The maximum Gasteiger partial charge on any atom is 0.271 e. The predicted octanol–water partition coefficient (Wildman–Crippen LogP) is 4.92. The van der Waals surface area contributed by atoms with Crippen LogP contribution in [0.1, 0.15) is 5.56 Å². The average Bonchev–Trinajstić information content (AvgIpc) is 2.82. The van der Waals surface area contributed by atoms with E-state index < -0.39 is 10.8 Å². The number of non-ortho nitro benzene ring substituents is 1. The largest absolute Gasteiger partial charge is 0.483 e. The summed E-state index contributed by atoms with van der Waals surface area (Å²) >= 11 is 3.36. The third-order valence-electron chi connectivity index (χ3n) is 4.36. The van der Waals surface area contributed by atoms with Crippen molar-refractivity contribution < 1.29 is 19.2 Å². The second kappa shape index (κ2) is 11.4. The lowest BCUT2D eigenvalue weighted by Crippen LogP contribution is -2.20. The average molecular weight is 521 g/mol. The molecule has 0 radical (unpaired) electrons. The molecule has 0 heterocycles. The molecule has 0 fully saturated rings. The van der Waals surface area contributed by atoms with Crippen molar-refractivity contribution in [3.05, 3.63) is 98.5 Å². The van der Waals surface area contributed by atoms with Gasteiger partial charge in [-0.25, -0.2) is 0 Å². The summed E-state index contributed by atoms with van der Waals surface area (Å²) in [7, 11) is 0. The molecule has 170 valence electrons. The summed E-state index contributed by atoms with van der Waals surface area (Å²) in [6.45, 7) is -0.211. The molecule has 34 heavy (non-hydrogen) atoms. The Hall–Kier alpha value is -4.49. The van der Waals surface area contributed by atoms with E-state index in [4.69, 9.17) is 4.74 Å². The van der Waals surface area contributed by atoms with Crippen LogP contribution >= 0.6 is 15.9 Å². The summed E-state index contributed by atoms with van der Waals surface area (Å²) in [5.41, 5.74) is 0.993. The number of carbonyl (C=O) groups is 2. The van der Waals surface area contributed by atoms with Gasteiger partial charge in [0.1, 0.15) is 17.4 Å². The summed E-state index contributed by atoms with van der Waals surface area (Å²) in [6, 6.07) is 21.0. The van der Waals surface area contributed by atoms with Crippen LogP contribution in [0.2, 0.25) is 0 Å². The number of benzene rings is 3. The molecule has 0 spiro atoms. The van der Waals surface area contributed by atoms with Crippen LogP contribution in [0.5, 0.6) is 5.75 Å². The topological polar surface area (TPSA) is 134 Å². The minimum atomic E-state index is -0.711. The van der Waals surface area contributed by atoms with Crippen molar-refractivity contribution >= 4 is 50.9 Å². The number of ether oxygens (including phenoxy) is 1. The fourth-order valence-corrected chi connectivity index (χ4v) is 3.31. The molecule has 3 rings (SSSR count). The van der Waals surface area contributed by atoms with Gasteiger partial charge < -0.3 is 15.4 Å². The highest BCUT2D eigenvalue weighted by Crippen LogP contribution is 2.27. The smallest absolute Gasteiger partial charge is 0.271 e. The minimum absolute atomic E-state index is 0.183. The van der Waals surface area contributed by atoms with E-state index in [2.05, 4.69) is 26.6 Å². The fourth-order valence-electron chi connectivity index (χ4n) is 2.80. The summed E-state index contributed by atoms with van der Waals surface area (Å²) in [5.74, 6) is -0.636. The molecule has 3 aromatic rings. The van der Waals surface area contributed by atoms with E-state index in [0.717, 1.165) is 0 Å². The van der Waals surface area contributed by atoms with Crippen molar-refractivity contribution in [2.24, 2.45) is 0 Å². The molecule has 0 aliphatic heterocycles. The van der Waals surface area contributed by atoms with E-state index in [0.29, 0.717) is 21.5 Å². The lowest BCUT2D eigenvalue weighted by molar-refractivity contribution is -0.384. The van der Waals surface area contributed by atoms with Gasteiger partial charge in [0.2, 0.25) is 0 Å². The van der Waals surface area contributed by atoms with E-state index in [9.17, 15) is 25.0 Å². The fraction of sp³-hybridized carbons (Fsp3) is 0.0417. The van der Waals surface area contributed by atoms with Crippen LogP contribution in [0.3, 0.4) is 0 Å². The van der Waals surface area contributed by atoms with Crippen LogP contribution in [0.15, 0.2) is 82.8 Å². The number of nitrogens with one attached hydrogen (secondary N) is 2. The van der Waals surface area contributed by atoms with Gasteiger partial charge in [0, 0.05) is 23.5 Å². The van der Waals surface area contributed by atoms with E-state index in [1.165, 1.54) is 30.3 Å². The van der Waals surface area contributed by atoms with Crippen LogP contribution in [0.4, 0.5) is 17.1 Å². The lowest BCUT2D eigenvalue weighted by Gasteiger charge is -2.10. The molecule has 0 aliphatic rings. The van der Waals surface area contributed by atoms with Gasteiger partial charge in [0.25, 0.3) is 17.5 Å². The van der Waals surface area contributed by atoms with E-state index in [1.807, 2.05) is 12.1 Å². The van der Waals surface area contributed by atoms with Crippen molar-refractivity contribution in [3.63, 3.8) is 0 Å². The molecule has 0 bridgehead atoms. The number of para-hydroxylation sites is 1. The van der Waals surface area contributed by atoms with Crippen molar-refractivity contribution in [1.82, 2.24) is 0 Å². The molecule has 0 aromatic heterocycles. The van der Waals surface area contributed by atoms with Crippen LogP contribution < -0.4 is 15.4 Å². The summed E-state index contributed by atoms with van der Waals surface area (Å²) in [5, 5.41) is 25.5. The molecule has 0 atom stereocenters. The van der Waals surface area contributed by atoms with Gasteiger partial charge in [-0.1, -0.05) is 30.3 Å². The third kappa shape index (κ3) is 6.75. The Kier molecular flexibility index (Phi) is 8.10. The number of rotatable bonds is 8. The van der Waals surface area contributed by atoms with Crippen molar-refractivity contribution in [2.75, 3.05) is 17.2 Å². The monoisotopic (exact) mass is 520 g/mol. The predicted molar refractivity (Wildman–Crippen MR) is 130 cm³/mol. The van der Waals surface area contributed by atoms with Gasteiger partial charge >= 0.3 is 0 Å². The highest BCUT2D eigenvalue weighted by Gasteiger charge is 2.13. The quantitative estimate of drug-likeness (QED) is 0.187.